The van der Waals surface area contributed by atoms with Gasteiger partial charge in [-0.1, -0.05) is 44.2 Å². The van der Waals surface area contributed by atoms with Crippen LogP contribution in [0.5, 0.6) is 0 Å². The van der Waals surface area contributed by atoms with Crippen molar-refractivity contribution in [1.82, 2.24) is 5.43 Å². The monoisotopic (exact) mass is 276 g/mol. The molecule has 0 radical (unpaired) electrons. The van der Waals surface area contributed by atoms with Gasteiger partial charge >= 0.3 is 0 Å². The van der Waals surface area contributed by atoms with Crippen molar-refractivity contribution >= 4 is 12.1 Å². The lowest BCUT2D eigenvalue weighted by Gasteiger charge is -2.20. The molecule has 2 rings (SSSR count). The lowest BCUT2D eigenvalue weighted by atomic mass is 9.86. The number of amides is 1. The number of nitrogens with one attached hydrogen (secondary N) is 1. The quantitative estimate of drug-likeness (QED) is 0.647. The van der Waals surface area contributed by atoms with Crippen molar-refractivity contribution in [2.75, 3.05) is 0 Å². The Hall–Kier alpha value is -1.71. The number of nitrogens with zero attached hydrogens (tertiary/aromatic N) is 1. The Morgan fingerprint density at radius 3 is 2.65 bits per heavy atom. The Kier molecular flexibility index (Phi) is 5.71. The summed E-state index contributed by atoms with van der Waals surface area (Å²) in [6, 6.07) is 5.97. The van der Waals surface area contributed by atoms with Crippen molar-refractivity contribution < 1.29 is 9.18 Å². The minimum absolute atomic E-state index is 0.0473. The van der Waals surface area contributed by atoms with Gasteiger partial charge < -0.3 is 0 Å². The van der Waals surface area contributed by atoms with Gasteiger partial charge in [-0.15, -0.1) is 0 Å². The second-order valence-electron chi connectivity index (χ2n) is 5.39. The SMILES string of the molecule is O=C(CCC1CCCCC1)N/N=C\c1ccc(F)cc1. The summed E-state index contributed by atoms with van der Waals surface area (Å²) in [5, 5.41) is 3.89. The summed E-state index contributed by atoms with van der Waals surface area (Å²) in [6.07, 6.45) is 9.47. The highest BCUT2D eigenvalue weighted by Gasteiger charge is 2.14. The average molecular weight is 276 g/mol. The van der Waals surface area contributed by atoms with E-state index in [1.807, 2.05) is 0 Å². The van der Waals surface area contributed by atoms with Crippen LogP contribution >= 0.6 is 0 Å². The molecule has 1 aliphatic carbocycles. The van der Waals surface area contributed by atoms with E-state index in [1.165, 1.54) is 50.5 Å². The molecule has 108 valence electrons. The van der Waals surface area contributed by atoms with Gasteiger partial charge in [0, 0.05) is 6.42 Å². The molecule has 1 aromatic rings. The Morgan fingerprint density at radius 1 is 1.25 bits per heavy atom. The van der Waals surface area contributed by atoms with Crippen molar-refractivity contribution in [2.24, 2.45) is 11.0 Å². The van der Waals surface area contributed by atoms with E-state index < -0.39 is 0 Å². The maximum Gasteiger partial charge on any atom is 0.240 e. The third-order valence-corrected chi connectivity index (χ3v) is 3.78. The average Bonchev–Trinajstić information content (AvgIpc) is 2.48. The molecular weight excluding hydrogens is 255 g/mol. The van der Waals surface area contributed by atoms with Crippen LogP contribution in [-0.2, 0) is 4.79 Å². The third-order valence-electron chi connectivity index (χ3n) is 3.78. The zero-order valence-corrected chi connectivity index (χ0v) is 11.6. The fourth-order valence-electron chi connectivity index (χ4n) is 2.59. The third kappa shape index (κ3) is 5.11. The van der Waals surface area contributed by atoms with Gasteiger partial charge in [0.05, 0.1) is 6.21 Å². The summed E-state index contributed by atoms with van der Waals surface area (Å²) >= 11 is 0. The Bertz CT molecular complexity index is 450. The van der Waals surface area contributed by atoms with Gasteiger partial charge in [-0.05, 0) is 30.0 Å². The van der Waals surface area contributed by atoms with E-state index >= 15 is 0 Å². The zero-order chi connectivity index (χ0) is 14.2. The van der Waals surface area contributed by atoms with E-state index in [1.54, 1.807) is 12.1 Å². The maximum atomic E-state index is 12.7. The first kappa shape index (κ1) is 14.7. The second kappa shape index (κ2) is 7.78. The normalized spacial score (nSPS) is 16.4. The minimum Gasteiger partial charge on any atom is -0.273 e. The molecule has 0 unspecified atom stereocenters. The van der Waals surface area contributed by atoms with Gasteiger partial charge in [-0.3, -0.25) is 4.79 Å². The molecule has 0 saturated heterocycles. The second-order valence-corrected chi connectivity index (χ2v) is 5.39. The van der Waals surface area contributed by atoms with Crippen LogP contribution in [0.4, 0.5) is 4.39 Å². The number of benzene rings is 1. The number of carbonyl (C=O) groups is 1. The summed E-state index contributed by atoms with van der Waals surface area (Å²) < 4.78 is 12.7. The van der Waals surface area contributed by atoms with Crippen LogP contribution in [0.2, 0.25) is 0 Å². The number of halogens is 1. The standard InChI is InChI=1S/C16H21FN2O/c17-15-9-6-14(7-10-15)12-18-19-16(20)11-8-13-4-2-1-3-5-13/h6-7,9-10,12-13H,1-5,8,11H2,(H,19,20)/b18-12-. The fourth-order valence-corrected chi connectivity index (χ4v) is 2.59. The fraction of sp³-hybridized carbons (Fsp3) is 0.500. The summed E-state index contributed by atoms with van der Waals surface area (Å²) in [4.78, 5) is 11.6. The molecule has 1 aliphatic rings. The molecule has 0 aliphatic heterocycles. The van der Waals surface area contributed by atoms with Crippen LogP contribution < -0.4 is 5.43 Å². The number of carbonyl (C=O) groups excluding carboxylic acids is 1. The highest BCUT2D eigenvalue weighted by molar-refractivity contribution is 5.82. The van der Waals surface area contributed by atoms with Crippen LogP contribution in [0.25, 0.3) is 0 Å². The van der Waals surface area contributed by atoms with Crippen LogP contribution in [-0.4, -0.2) is 12.1 Å². The van der Waals surface area contributed by atoms with Crippen LogP contribution in [0.15, 0.2) is 29.4 Å². The first-order valence-electron chi connectivity index (χ1n) is 7.31. The van der Waals surface area contributed by atoms with Gasteiger partial charge in [0.25, 0.3) is 0 Å². The highest BCUT2D eigenvalue weighted by Crippen LogP contribution is 2.27. The molecule has 1 N–H and O–H groups in total. The number of hydrogen-bond acceptors (Lipinski definition) is 2. The highest BCUT2D eigenvalue weighted by atomic mass is 19.1. The molecule has 0 bridgehead atoms. The number of hydrazone groups is 1. The molecular formula is C16H21FN2O. The van der Waals surface area contributed by atoms with Crippen molar-refractivity contribution in [2.45, 2.75) is 44.9 Å². The topological polar surface area (TPSA) is 41.5 Å². The van der Waals surface area contributed by atoms with E-state index in [-0.39, 0.29) is 11.7 Å². The smallest absolute Gasteiger partial charge is 0.240 e. The van der Waals surface area contributed by atoms with E-state index in [2.05, 4.69) is 10.5 Å². The summed E-state index contributed by atoms with van der Waals surface area (Å²) in [7, 11) is 0. The van der Waals surface area contributed by atoms with Gasteiger partial charge in [0.1, 0.15) is 5.82 Å². The van der Waals surface area contributed by atoms with Crippen LogP contribution in [0, 0.1) is 11.7 Å². The van der Waals surface area contributed by atoms with E-state index in [0.29, 0.717) is 12.3 Å². The van der Waals surface area contributed by atoms with Crippen molar-refractivity contribution in [3.8, 4) is 0 Å². The first-order chi connectivity index (χ1) is 9.74. The van der Waals surface area contributed by atoms with Gasteiger partial charge in [0.15, 0.2) is 0 Å². The largest absolute Gasteiger partial charge is 0.273 e. The van der Waals surface area contributed by atoms with E-state index in [9.17, 15) is 9.18 Å². The van der Waals surface area contributed by atoms with E-state index in [4.69, 9.17) is 0 Å². The Balaban J connectivity index is 1.67. The van der Waals surface area contributed by atoms with Crippen molar-refractivity contribution in [3.05, 3.63) is 35.6 Å². The van der Waals surface area contributed by atoms with Gasteiger partial charge in [-0.2, -0.15) is 5.10 Å². The predicted octanol–water partition coefficient (Wildman–Crippen LogP) is 3.64. The summed E-state index contributed by atoms with van der Waals surface area (Å²) in [6.45, 7) is 0. The number of rotatable bonds is 5. The summed E-state index contributed by atoms with van der Waals surface area (Å²) in [5.41, 5.74) is 3.29. The van der Waals surface area contributed by atoms with Crippen LogP contribution in [0.1, 0.15) is 50.5 Å². The summed E-state index contributed by atoms with van der Waals surface area (Å²) in [5.74, 6) is 0.378. The lowest BCUT2D eigenvalue weighted by Crippen LogP contribution is -2.19. The molecule has 0 heterocycles. The number of hydrogen-bond donors (Lipinski definition) is 1. The van der Waals surface area contributed by atoms with Crippen molar-refractivity contribution in [3.63, 3.8) is 0 Å². The zero-order valence-electron chi connectivity index (χ0n) is 11.6. The molecule has 0 aromatic heterocycles. The first-order valence-corrected chi connectivity index (χ1v) is 7.31. The Morgan fingerprint density at radius 2 is 1.95 bits per heavy atom. The molecule has 4 heteroatoms. The minimum atomic E-state index is -0.279. The van der Waals surface area contributed by atoms with Crippen LogP contribution in [0.3, 0.4) is 0 Å². The maximum absolute atomic E-state index is 12.7. The predicted molar refractivity (Wildman–Crippen MR) is 77.9 cm³/mol. The van der Waals surface area contributed by atoms with Gasteiger partial charge in [0.2, 0.25) is 5.91 Å². The molecule has 1 fully saturated rings. The molecule has 1 aromatic carbocycles. The van der Waals surface area contributed by atoms with Crippen molar-refractivity contribution in [1.29, 1.82) is 0 Å². The van der Waals surface area contributed by atoms with E-state index in [0.717, 1.165) is 12.0 Å². The molecule has 1 saturated carbocycles. The molecule has 1 amide bonds. The molecule has 0 atom stereocenters. The molecule has 20 heavy (non-hydrogen) atoms. The molecule has 3 nitrogen and oxygen atoms in total. The Labute approximate surface area is 119 Å². The van der Waals surface area contributed by atoms with Gasteiger partial charge in [-0.25, -0.2) is 9.82 Å². The molecule has 0 spiro atoms. The lowest BCUT2D eigenvalue weighted by molar-refractivity contribution is -0.121.